The average molecular weight is 482 g/mol. The van der Waals surface area contributed by atoms with Crippen molar-refractivity contribution < 1.29 is 19.4 Å². The molecule has 1 unspecified atom stereocenters. The zero-order valence-electron chi connectivity index (χ0n) is 13.4. The van der Waals surface area contributed by atoms with Crippen molar-refractivity contribution in [3.63, 3.8) is 0 Å². The lowest BCUT2D eigenvalue weighted by molar-refractivity contribution is -0.136. The summed E-state index contributed by atoms with van der Waals surface area (Å²) in [6.45, 7) is 1.57. The molecule has 1 atom stereocenters. The van der Waals surface area contributed by atoms with Crippen LogP contribution >= 0.6 is 50.7 Å². The number of nitrogens with one attached hydrogen (secondary N) is 1. The van der Waals surface area contributed by atoms with Crippen LogP contribution in [0.25, 0.3) is 0 Å². The number of halogens is 4. The monoisotopic (exact) mass is 479 g/mol. The van der Waals surface area contributed by atoms with E-state index in [-0.39, 0.29) is 28.1 Å². The quantitative estimate of drug-likeness (QED) is 0.516. The van der Waals surface area contributed by atoms with Gasteiger partial charge in [0.25, 0.3) is 0 Å². The Morgan fingerprint density at radius 3 is 2.35 bits per heavy atom. The summed E-state index contributed by atoms with van der Waals surface area (Å²) in [5.41, 5.74) is 0.998. The van der Waals surface area contributed by atoms with Gasteiger partial charge < -0.3 is 15.2 Å². The lowest BCUT2D eigenvalue weighted by atomic mass is 10.1. The summed E-state index contributed by atoms with van der Waals surface area (Å²) in [6.07, 6.45) is -0.196. The van der Waals surface area contributed by atoms with E-state index in [1.807, 2.05) is 0 Å². The first kappa shape index (κ1) is 20.8. The summed E-state index contributed by atoms with van der Waals surface area (Å²) in [4.78, 5) is 22.5. The predicted molar refractivity (Wildman–Crippen MR) is 106 cm³/mol. The molecule has 1 amide bonds. The van der Waals surface area contributed by atoms with Gasteiger partial charge in [-0.05, 0) is 58.7 Å². The zero-order valence-corrected chi connectivity index (χ0v) is 17.2. The lowest BCUT2D eigenvalue weighted by Crippen LogP contribution is -2.20. The molecule has 0 bridgehead atoms. The molecule has 0 aliphatic carbocycles. The van der Waals surface area contributed by atoms with Crippen molar-refractivity contribution in [2.45, 2.75) is 18.7 Å². The van der Waals surface area contributed by atoms with Gasteiger partial charge in [0.15, 0.2) is 5.75 Å². The third-order valence-corrected chi connectivity index (χ3v) is 4.61. The molecule has 0 heterocycles. The zero-order chi connectivity index (χ0) is 19.4. The van der Waals surface area contributed by atoms with Gasteiger partial charge in [0.05, 0.1) is 22.2 Å². The third-order valence-electron chi connectivity index (χ3n) is 3.19. The van der Waals surface area contributed by atoms with Crippen LogP contribution in [-0.2, 0) is 16.0 Å². The van der Waals surface area contributed by atoms with Crippen molar-refractivity contribution in [1.82, 2.24) is 0 Å². The van der Waals surface area contributed by atoms with Crippen LogP contribution in [0.3, 0.4) is 0 Å². The first-order chi connectivity index (χ1) is 12.2. The number of carbonyl (C=O) groups is 2. The van der Waals surface area contributed by atoms with E-state index in [1.165, 1.54) is 12.1 Å². The van der Waals surface area contributed by atoms with Crippen molar-refractivity contribution in [3.05, 3.63) is 50.4 Å². The van der Waals surface area contributed by atoms with Crippen molar-refractivity contribution in [2.24, 2.45) is 0 Å². The molecule has 0 saturated carbocycles. The minimum absolute atomic E-state index is 0.193. The number of carbonyl (C=O) groups excluding carboxylic acids is 1. The maximum Gasteiger partial charge on any atom is 0.307 e. The van der Waals surface area contributed by atoms with Gasteiger partial charge in [-0.2, -0.15) is 0 Å². The number of anilines is 1. The number of carboxylic acid groups (broad SMARTS) is 1. The van der Waals surface area contributed by atoms with Gasteiger partial charge in [0.1, 0.15) is 11.1 Å². The van der Waals surface area contributed by atoms with Crippen LogP contribution in [0.2, 0.25) is 10.0 Å². The number of carboxylic acids is 1. The molecule has 0 aliphatic heterocycles. The van der Waals surface area contributed by atoms with E-state index in [0.29, 0.717) is 21.5 Å². The molecule has 0 saturated heterocycles. The van der Waals surface area contributed by atoms with Gasteiger partial charge in [-0.1, -0.05) is 23.2 Å². The van der Waals surface area contributed by atoms with Crippen LogP contribution in [0.15, 0.2) is 34.8 Å². The van der Waals surface area contributed by atoms with Crippen LogP contribution < -0.4 is 10.1 Å². The minimum atomic E-state index is -0.987. The Morgan fingerprint density at radius 1 is 1.23 bits per heavy atom. The van der Waals surface area contributed by atoms with Gasteiger partial charge in [-0.25, -0.2) is 0 Å². The molecule has 138 valence electrons. The van der Waals surface area contributed by atoms with E-state index in [0.717, 1.165) is 0 Å². The molecule has 2 aromatic rings. The molecule has 2 rings (SSSR count). The molecule has 0 aromatic heterocycles. The number of alkyl halides is 1. The van der Waals surface area contributed by atoms with E-state index in [2.05, 4.69) is 21.2 Å². The maximum atomic E-state index is 11.7. The Kier molecular flexibility index (Phi) is 7.17. The number of aliphatic carboxylic acids is 1. The van der Waals surface area contributed by atoms with E-state index in [4.69, 9.17) is 44.6 Å². The van der Waals surface area contributed by atoms with E-state index < -0.39 is 11.3 Å². The summed E-state index contributed by atoms with van der Waals surface area (Å²) in [5, 5.41) is 11.2. The molecule has 26 heavy (non-hydrogen) atoms. The molecule has 9 heteroatoms. The Labute approximate surface area is 173 Å². The Hall–Kier alpha value is -1.47. The first-order valence-corrected chi connectivity index (χ1v) is 9.28. The van der Waals surface area contributed by atoms with Gasteiger partial charge in [-0.15, -0.1) is 11.6 Å². The molecular formula is C17H13BrCl3NO4. The standard InChI is InChI=1S/C17H13BrCl3NO4/c1-8(19)17(25)22-14-3-2-10(7-11(14)18)26-16-12(20)4-9(5-13(16)21)6-15(23)24/h2-5,7-8H,6H2,1H3,(H,22,25)(H,23,24). The van der Waals surface area contributed by atoms with Crippen LogP contribution in [0, 0.1) is 0 Å². The van der Waals surface area contributed by atoms with Gasteiger partial charge in [0, 0.05) is 4.47 Å². The van der Waals surface area contributed by atoms with Crippen LogP contribution in [0.1, 0.15) is 12.5 Å². The average Bonchev–Trinajstić information content (AvgIpc) is 2.52. The Balaban J connectivity index is 2.22. The van der Waals surface area contributed by atoms with Crippen molar-refractivity contribution >= 4 is 68.3 Å². The highest BCUT2D eigenvalue weighted by atomic mass is 79.9. The summed E-state index contributed by atoms with van der Waals surface area (Å²) in [5.74, 6) is -0.691. The summed E-state index contributed by atoms with van der Waals surface area (Å²) < 4.78 is 6.29. The number of amides is 1. The largest absolute Gasteiger partial charge is 0.481 e. The van der Waals surface area contributed by atoms with Gasteiger partial charge in [-0.3, -0.25) is 9.59 Å². The van der Waals surface area contributed by atoms with Crippen LogP contribution in [0.5, 0.6) is 11.5 Å². The van der Waals surface area contributed by atoms with E-state index in [1.54, 1.807) is 25.1 Å². The summed E-state index contributed by atoms with van der Waals surface area (Å²) in [6, 6.07) is 7.87. The van der Waals surface area contributed by atoms with Crippen molar-refractivity contribution in [2.75, 3.05) is 5.32 Å². The van der Waals surface area contributed by atoms with Crippen LogP contribution in [-0.4, -0.2) is 22.4 Å². The van der Waals surface area contributed by atoms with Crippen molar-refractivity contribution in [1.29, 1.82) is 0 Å². The van der Waals surface area contributed by atoms with Crippen LogP contribution in [0.4, 0.5) is 5.69 Å². The fourth-order valence-electron chi connectivity index (χ4n) is 2.00. The number of ether oxygens (including phenoxy) is 1. The number of hydrogen-bond donors (Lipinski definition) is 2. The second-order valence-corrected chi connectivity index (χ2v) is 7.63. The highest BCUT2D eigenvalue weighted by Gasteiger charge is 2.15. The minimum Gasteiger partial charge on any atom is -0.481 e. The number of rotatable bonds is 6. The second-order valence-electron chi connectivity index (χ2n) is 5.31. The highest BCUT2D eigenvalue weighted by molar-refractivity contribution is 9.10. The summed E-state index contributed by atoms with van der Waals surface area (Å²) in [7, 11) is 0. The summed E-state index contributed by atoms with van der Waals surface area (Å²) >= 11 is 21.4. The fraction of sp³-hybridized carbons (Fsp3) is 0.176. The number of benzene rings is 2. The molecule has 0 fully saturated rings. The molecular weight excluding hydrogens is 468 g/mol. The van der Waals surface area contributed by atoms with E-state index >= 15 is 0 Å². The smallest absolute Gasteiger partial charge is 0.307 e. The molecule has 5 nitrogen and oxygen atoms in total. The SMILES string of the molecule is CC(Cl)C(=O)Nc1ccc(Oc2c(Cl)cc(CC(=O)O)cc2Cl)cc1Br. The molecule has 0 spiro atoms. The Morgan fingerprint density at radius 2 is 1.85 bits per heavy atom. The first-order valence-electron chi connectivity index (χ1n) is 7.29. The van der Waals surface area contributed by atoms with E-state index in [9.17, 15) is 9.59 Å². The normalized spacial score (nSPS) is 11.7. The maximum absolute atomic E-state index is 11.7. The predicted octanol–water partition coefficient (Wildman–Crippen LogP) is 5.74. The number of hydrogen-bond acceptors (Lipinski definition) is 3. The lowest BCUT2D eigenvalue weighted by Gasteiger charge is -2.13. The Bertz CT molecular complexity index is 835. The molecule has 2 aromatic carbocycles. The second kappa shape index (κ2) is 8.95. The van der Waals surface area contributed by atoms with Gasteiger partial charge in [0.2, 0.25) is 5.91 Å². The van der Waals surface area contributed by atoms with Gasteiger partial charge >= 0.3 is 5.97 Å². The molecule has 0 aliphatic rings. The fourth-order valence-corrected chi connectivity index (χ4v) is 3.12. The van der Waals surface area contributed by atoms with Crippen molar-refractivity contribution in [3.8, 4) is 11.5 Å². The topological polar surface area (TPSA) is 75.6 Å². The third kappa shape index (κ3) is 5.51. The molecule has 0 radical (unpaired) electrons. The molecule has 2 N–H and O–H groups in total. The highest BCUT2D eigenvalue weighted by Crippen LogP contribution is 2.39.